The lowest BCUT2D eigenvalue weighted by Crippen LogP contribution is -2.52. The monoisotopic (exact) mass is 424 g/mol. The van der Waals surface area contributed by atoms with E-state index in [1.54, 1.807) is 0 Å². The molecule has 0 spiro atoms. The van der Waals surface area contributed by atoms with Crippen LogP contribution in [0.4, 0.5) is 10.5 Å². The molecule has 1 aromatic rings. The molecule has 4 aliphatic rings. The number of para-hydroxylation sites is 1. The molecule has 0 atom stereocenters. The number of piperazine rings is 1. The average molecular weight is 425 g/mol. The summed E-state index contributed by atoms with van der Waals surface area (Å²) in [7, 11) is 0. The van der Waals surface area contributed by atoms with Crippen molar-refractivity contribution >= 4 is 23.5 Å². The molecule has 3 fully saturated rings. The molecule has 2 aliphatic heterocycles. The van der Waals surface area contributed by atoms with Crippen molar-refractivity contribution in [2.24, 2.45) is 17.8 Å². The fourth-order valence-corrected chi connectivity index (χ4v) is 5.30. The van der Waals surface area contributed by atoms with Gasteiger partial charge in [0.1, 0.15) is 0 Å². The van der Waals surface area contributed by atoms with Crippen LogP contribution in [0.1, 0.15) is 44.1 Å². The van der Waals surface area contributed by atoms with Gasteiger partial charge in [-0.1, -0.05) is 18.2 Å². The van der Waals surface area contributed by atoms with E-state index in [9.17, 15) is 14.4 Å². The van der Waals surface area contributed by atoms with Crippen molar-refractivity contribution in [2.75, 3.05) is 38.0 Å². The number of nitrogens with zero attached hydrogens (tertiary/aromatic N) is 3. The first kappa shape index (κ1) is 20.3. The second kappa shape index (κ2) is 8.52. The number of amides is 4. The van der Waals surface area contributed by atoms with Crippen LogP contribution in [0.3, 0.4) is 0 Å². The highest BCUT2D eigenvalue weighted by Gasteiger charge is 2.37. The summed E-state index contributed by atoms with van der Waals surface area (Å²) in [6.07, 6.45) is 5.84. The summed E-state index contributed by atoms with van der Waals surface area (Å²) < 4.78 is 0. The SMILES string of the molecule is O=C1Nc2ccccc2CN1CC1CCC(C(=O)N2CCN(C(=O)C3CC3)CC2)CC1. The molecule has 31 heavy (non-hydrogen) atoms. The van der Waals surface area contributed by atoms with E-state index >= 15 is 0 Å². The van der Waals surface area contributed by atoms with Crippen molar-refractivity contribution in [3.63, 3.8) is 0 Å². The minimum atomic E-state index is -0.0180. The number of carbonyl (C=O) groups excluding carboxylic acids is 3. The predicted octanol–water partition coefficient (Wildman–Crippen LogP) is 2.92. The van der Waals surface area contributed by atoms with Gasteiger partial charge >= 0.3 is 6.03 Å². The molecule has 7 nitrogen and oxygen atoms in total. The van der Waals surface area contributed by atoms with Gasteiger partial charge in [-0.3, -0.25) is 9.59 Å². The zero-order chi connectivity index (χ0) is 21.4. The molecule has 1 N–H and O–H groups in total. The number of carbonyl (C=O) groups is 3. The van der Waals surface area contributed by atoms with Gasteiger partial charge in [0.2, 0.25) is 11.8 Å². The standard InChI is InChI=1S/C24H32N4O3/c29-22(26-11-13-27(14-12-26)23(30)19-9-10-19)18-7-5-17(6-8-18)15-28-16-20-3-1-2-4-21(20)25-24(28)31/h1-4,17-19H,5-16H2,(H,25,31). The van der Waals surface area contributed by atoms with E-state index < -0.39 is 0 Å². The maximum Gasteiger partial charge on any atom is 0.322 e. The Balaban J connectivity index is 1.08. The van der Waals surface area contributed by atoms with E-state index in [0.29, 0.717) is 38.6 Å². The van der Waals surface area contributed by atoms with Crippen molar-refractivity contribution < 1.29 is 14.4 Å². The molecule has 4 amide bonds. The van der Waals surface area contributed by atoms with E-state index in [4.69, 9.17) is 0 Å². The van der Waals surface area contributed by atoms with Crippen molar-refractivity contribution in [1.82, 2.24) is 14.7 Å². The zero-order valence-electron chi connectivity index (χ0n) is 18.1. The van der Waals surface area contributed by atoms with Crippen LogP contribution in [-0.2, 0) is 16.1 Å². The van der Waals surface area contributed by atoms with Crippen LogP contribution < -0.4 is 5.32 Å². The van der Waals surface area contributed by atoms with Gasteiger partial charge in [-0.25, -0.2) is 4.79 Å². The van der Waals surface area contributed by atoms with Crippen LogP contribution in [0.5, 0.6) is 0 Å². The topological polar surface area (TPSA) is 73.0 Å². The number of urea groups is 1. The lowest BCUT2D eigenvalue weighted by Gasteiger charge is -2.39. The fraction of sp³-hybridized carbons (Fsp3) is 0.625. The molecule has 2 saturated carbocycles. The molecule has 0 radical (unpaired) electrons. The molecular formula is C24H32N4O3. The quantitative estimate of drug-likeness (QED) is 0.808. The normalized spacial score (nSPS) is 26.3. The Morgan fingerprint density at radius 3 is 1.97 bits per heavy atom. The first-order valence-electron chi connectivity index (χ1n) is 11.8. The second-order valence-electron chi connectivity index (χ2n) is 9.61. The Hall–Kier alpha value is -2.57. The summed E-state index contributed by atoms with van der Waals surface area (Å²) >= 11 is 0. The predicted molar refractivity (Wildman–Crippen MR) is 117 cm³/mol. The molecule has 7 heteroatoms. The molecule has 0 bridgehead atoms. The average Bonchev–Trinajstić information content (AvgIpc) is 3.65. The van der Waals surface area contributed by atoms with Gasteiger partial charge in [0.05, 0.1) is 0 Å². The summed E-state index contributed by atoms with van der Waals surface area (Å²) in [5.74, 6) is 1.36. The highest BCUT2D eigenvalue weighted by atomic mass is 16.2. The summed E-state index contributed by atoms with van der Waals surface area (Å²) in [5, 5.41) is 2.99. The Bertz CT molecular complexity index is 852. The lowest BCUT2D eigenvalue weighted by molar-refractivity contribution is -0.143. The van der Waals surface area contributed by atoms with Crippen molar-refractivity contribution in [2.45, 2.75) is 45.1 Å². The van der Waals surface area contributed by atoms with Crippen molar-refractivity contribution in [3.8, 4) is 0 Å². The van der Waals surface area contributed by atoms with E-state index in [-0.39, 0.29) is 29.7 Å². The molecule has 1 saturated heterocycles. The van der Waals surface area contributed by atoms with E-state index in [1.165, 1.54) is 0 Å². The number of hydrogen-bond donors (Lipinski definition) is 1. The summed E-state index contributed by atoms with van der Waals surface area (Å²) in [6.45, 7) is 4.12. The third kappa shape index (κ3) is 4.41. The van der Waals surface area contributed by atoms with E-state index in [0.717, 1.165) is 56.3 Å². The van der Waals surface area contributed by atoms with Gasteiger partial charge in [0.15, 0.2) is 0 Å². The van der Waals surface area contributed by atoms with Gasteiger partial charge in [0, 0.05) is 56.8 Å². The molecule has 166 valence electrons. The second-order valence-corrected chi connectivity index (χ2v) is 9.61. The molecule has 0 aromatic heterocycles. The Morgan fingerprint density at radius 1 is 0.839 bits per heavy atom. The Morgan fingerprint density at radius 2 is 1.39 bits per heavy atom. The largest absolute Gasteiger partial charge is 0.339 e. The van der Waals surface area contributed by atoms with Crippen LogP contribution in [0.25, 0.3) is 0 Å². The third-order valence-electron chi connectivity index (χ3n) is 7.41. The van der Waals surface area contributed by atoms with Crippen molar-refractivity contribution in [3.05, 3.63) is 29.8 Å². The maximum atomic E-state index is 13.0. The van der Waals surface area contributed by atoms with Crippen LogP contribution >= 0.6 is 0 Å². The smallest absolute Gasteiger partial charge is 0.322 e. The van der Waals surface area contributed by atoms with Gasteiger partial charge in [-0.15, -0.1) is 0 Å². The first-order valence-corrected chi connectivity index (χ1v) is 11.8. The number of rotatable bonds is 4. The van der Waals surface area contributed by atoms with Crippen LogP contribution in [0.2, 0.25) is 0 Å². The lowest BCUT2D eigenvalue weighted by atomic mass is 9.81. The molecule has 2 aliphatic carbocycles. The summed E-state index contributed by atoms with van der Waals surface area (Å²) in [4.78, 5) is 43.5. The van der Waals surface area contributed by atoms with Gasteiger partial charge in [-0.2, -0.15) is 0 Å². The Labute approximate surface area is 183 Å². The third-order valence-corrected chi connectivity index (χ3v) is 7.41. The molecule has 5 rings (SSSR count). The number of nitrogens with one attached hydrogen (secondary N) is 1. The zero-order valence-corrected chi connectivity index (χ0v) is 18.1. The van der Waals surface area contributed by atoms with Crippen molar-refractivity contribution in [1.29, 1.82) is 0 Å². The number of fused-ring (bicyclic) bond motifs is 1. The Kier molecular flexibility index (Phi) is 5.59. The van der Waals surface area contributed by atoms with Crippen LogP contribution in [0.15, 0.2) is 24.3 Å². The maximum absolute atomic E-state index is 13.0. The van der Waals surface area contributed by atoms with Gasteiger partial charge < -0.3 is 20.0 Å². The molecule has 0 unspecified atom stereocenters. The van der Waals surface area contributed by atoms with Gasteiger partial charge in [0.25, 0.3) is 0 Å². The number of hydrogen-bond acceptors (Lipinski definition) is 3. The summed E-state index contributed by atoms with van der Waals surface area (Å²) in [6, 6.07) is 7.94. The minimum absolute atomic E-state index is 0.0180. The minimum Gasteiger partial charge on any atom is -0.339 e. The number of anilines is 1. The van der Waals surface area contributed by atoms with E-state index in [1.807, 2.05) is 32.9 Å². The fourth-order valence-electron chi connectivity index (χ4n) is 5.30. The van der Waals surface area contributed by atoms with E-state index in [2.05, 4.69) is 11.4 Å². The molecule has 1 aromatic carbocycles. The highest BCUT2D eigenvalue weighted by molar-refractivity contribution is 5.92. The van der Waals surface area contributed by atoms with Crippen LogP contribution in [-0.4, -0.2) is 65.3 Å². The molecular weight excluding hydrogens is 392 g/mol. The number of benzene rings is 1. The summed E-state index contributed by atoms with van der Waals surface area (Å²) in [5.41, 5.74) is 2.07. The molecule has 2 heterocycles. The highest BCUT2D eigenvalue weighted by Crippen LogP contribution is 2.33. The van der Waals surface area contributed by atoms with Gasteiger partial charge in [-0.05, 0) is 56.1 Å². The van der Waals surface area contributed by atoms with Crippen LogP contribution in [0, 0.1) is 17.8 Å². The first-order chi connectivity index (χ1) is 15.1.